The molecule has 2 amide bonds. The normalized spacial score (nSPS) is 23.1. The van der Waals surface area contributed by atoms with Crippen molar-refractivity contribution in [3.05, 3.63) is 0 Å². The molecule has 158 valence electrons. The van der Waals surface area contributed by atoms with E-state index < -0.39 is 62.2 Å². The molecule has 2 heterocycles. The maximum atomic E-state index is 13.2. The molecule has 0 aromatic heterocycles. The van der Waals surface area contributed by atoms with Crippen molar-refractivity contribution in [1.82, 2.24) is 20.4 Å². The van der Waals surface area contributed by atoms with Gasteiger partial charge in [0.15, 0.2) is 0 Å². The second-order valence-electron chi connectivity index (χ2n) is 6.38. The van der Waals surface area contributed by atoms with Crippen molar-refractivity contribution >= 4 is 24.2 Å². The molecule has 0 aromatic carbocycles. The largest absolute Gasteiger partial charge is 0.406 e. The monoisotopic (exact) mass is 426 g/mol. The van der Waals surface area contributed by atoms with Crippen molar-refractivity contribution in [2.75, 3.05) is 45.8 Å². The molecule has 0 saturated carbocycles. The highest BCUT2D eigenvalue weighted by molar-refractivity contribution is 5.89. The Morgan fingerprint density at radius 2 is 1.78 bits per heavy atom. The molecule has 2 aliphatic heterocycles. The minimum Gasteiger partial charge on any atom is -0.354 e. The highest BCUT2D eigenvalue weighted by atomic mass is 35.5. The molecule has 27 heavy (non-hydrogen) atoms. The fourth-order valence-corrected chi connectivity index (χ4v) is 3.10. The first-order valence-electron chi connectivity index (χ1n) is 8.11. The van der Waals surface area contributed by atoms with E-state index in [9.17, 15) is 35.9 Å². The van der Waals surface area contributed by atoms with Gasteiger partial charge in [-0.15, -0.1) is 12.4 Å². The SMILES string of the molecule is Cl.O=C(NCC(N1CCNCC1)C(F)(F)F)C1CC(=O)N(CC(F)(F)F)C1. The average Bonchev–Trinajstić information content (AvgIpc) is 2.86. The Bertz CT molecular complexity index is 525. The van der Waals surface area contributed by atoms with Gasteiger partial charge in [-0.2, -0.15) is 26.3 Å². The summed E-state index contributed by atoms with van der Waals surface area (Å²) in [6.45, 7) is -1.50. The Labute approximate surface area is 158 Å². The fraction of sp³-hybridized carbons (Fsp3) is 0.857. The van der Waals surface area contributed by atoms with Crippen LogP contribution in [0, 0.1) is 5.92 Å². The van der Waals surface area contributed by atoms with Gasteiger partial charge in [0.05, 0.1) is 5.92 Å². The van der Waals surface area contributed by atoms with Gasteiger partial charge in [0, 0.05) is 45.7 Å². The van der Waals surface area contributed by atoms with E-state index >= 15 is 0 Å². The van der Waals surface area contributed by atoms with Crippen LogP contribution < -0.4 is 10.6 Å². The second kappa shape index (κ2) is 9.28. The maximum Gasteiger partial charge on any atom is 0.406 e. The molecule has 2 saturated heterocycles. The van der Waals surface area contributed by atoms with Crippen LogP contribution in [0.25, 0.3) is 0 Å². The lowest BCUT2D eigenvalue weighted by Gasteiger charge is -2.36. The molecule has 2 atom stereocenters. The van der Waals surface area contributed by atoms with Crippen LogP contribution in [0.15, 0.2) is 0 Å². The molecule has 0 aromatic rings. The van der Waals surface area contributed by atoms with Crippen LogP contribution >= 0.6 is 12.4 Å². The summed E-state index contributed by atoms with van der Waals surface area (Å²) in [7, 11) is 0. The van der Waals surface area contributed by atoms with Gasteiger partial charge in [-0.05, 0) is 0 Å². The zero-order chi connectivity index (χ0) is 19.5. The van der Waals surface area contributed by atoms with E-state index in [2.05, 4.69) is 10.6 Å². The van der Waals surface area contributed by atoms with Gasteiger partial charge in [0.1, 0.15) is 12.6 Å². The first kappa shape index (κ1) is 23.8. The number of likely N-dealkylation sites (tertiary alicyclic amines) is 1. The number of halogens is 7. The Kier molecular flexibility index (Phi) is 8.17. The number of rotatable bonds is 5. The van der Waals surface area contributed by atoms with Gasteiger partial charge in [-0.3, -0.25) is 14.5 Å². The van der Waals surface area contributed by atoms with Gasteiger partial charge < -0.3 is 15.5 Å². The first-order chi connectivity index (χ1) is 12.0. The van der Waals surface area contributed by atoms with Crippen LogP contribution in [0.2, 0.25) is 0 Å². The summed E-state index contributed by atoms with van der Waals surface area (Å²) in [5.74, 6) is -2.76. The van der Waals surface area contributed by atoms with E-state index in [1.807, 2.05) is 0 Å². The summed E-state index contributed by atoms with van der Waals surface area (Å²) in [5, 5.41) is 5.08. The Morgan fingerprint density at radius 3 is 2.30 bits per heavy atom. The number of carbonyl (C=O) groups excluding carboxylic acids is 2. The van der Waals surface area contributed by atoms with Crippen molar-refractivity contribution in [3.8, 4) is 0 Å². The van der Waals surface area contributed by atoms with Crippen molar-refractivity contribution in [2.24, 2.45) is 5.92 Å². The number of alkyl halides is 6. The molecule has 2 unspecified atom stereocenters. The van der Waals surface area contributed by atoms with Crippen LogP contribution in [0.4, 0.5) is 26.3 Å². The third-order valence-electron chi connectivity index (χ3n) is 4.40. The molecule has 2 fully saturated rings. The number of carbonyl (C=O) groups is 2. The van der Waals surface area contributed by atoms with Crippen LogP contribution in [0.3, 0.4) is 0 Å². The Balaban J connectivity index is 0.00000364. The minimum atomic E-state index is -4.59. The molecule has 2 N–H and O–H groups in total. The average molecular weight is 427 g/mol. The lowest BCUT2D eigenvalue weighted by molar-refractivity contribution is -0.184. The van der Waals surface area contributed by atoms with Crippen molar-refractivity contribution < 1.29 is 35.9 Å². The molecule has 2 rings (SSSR count). The molecule has 6 nitrogen and oxygen atoms in total. The molecule has 0 bridgehead atoms. The van der Waals surface area contributed by atoms with E-state index in [0.717, 1.165) is 0 Å². The number of hydrogen-bond acceptors (Lipinski definition) is 4. The van der Waals surface area contributed by atoms with Gasteiger partial charge in [-0.25, -0.2) is 0 Å². The molecule has 0 spiro atoms. The van der Waals surface area contributed by atoms with Gasteiger partial charge >= 0.3 is 12.4 Å². The molecule has 13 heteroatoms. The zero-order valence-electron chi connectivity index (χ0n) is 14.2. The van der Waals surface area contributed by atoms with E-state index in [4.69, 9.17) is 0 Å². The summed E-state index contributed by atoms with van der Waals surface area (Å²) in [4.78, 5) is 25.3. The van der Waals surface area contributed by atoms with E-state index in [-0.39, 0.29) is 25.5 Å². The van der Waals surface area contributed by atoms with Crippen LogP contribution in [-0.4, -0.2) is 85.8 Å². The second-order valence-corrected chi connectivity index (χ2v) is 6.38. The van der Waals surface area contributed by atoms with Gasteiger partial charge in [0.25, 0.3) is 0 Å². The maximum absolute atomic E-state index is 13.2. The molecular formula is C14H21ClF6N4O2. The topological polar surface area (TPSA) is 64.7 Å². The third-order valence-corrected chi connectivity index (χ3v) is 4.40. The van der Waals surface area contributed by atoms with Crippen molar-refractivity contribution in [3.63, 3.8) is 0 Å². The number of hydrogen-bond donors (Lipinski definition) is 2. The molecular weight excluding hydrogens is 406 g/mol. The predicted octanol–water partition coefficient (Wildman–Crippen LogP) is 0.771. The summed E-state index contributed by atoms with van der Waals surface area (Å²) < 4.78 is 76.8. The minimum absolute atomic E-state index is 0. The number of amides is 2. The Hall–Kier alpha value is -1.27. The first-order valence-corrected chi connectivity index (χ1v) is 8.11. The van der Waals surface area contributed by atoms with Crippen molar-refractivity contribution in [1.29, 1.82) is 0 Å². The lowest BCUT2D eigenvalue weighted by atomic mass is 10.1. The van der Waals surface area contributed by atoms with Crippen LogP contribution in [0.1, 0.15) is 6.42 Å². The molecule has 2 aliphatic rings. The Morgan fingerprint density at radius 1 is 1.19 bits per heavy atom. The van der Waals surface area contributed by atoms with E-state index in [1.165, 1.54) is 4.90 Å². The smallest absolute Gasteiger partial charge is 0.354 e. The lowest BCUT2D eigenvalue weighted by Crippen LogP contribution is -2.57. The quantitative estimate of drug-likeness (QED) is 0.638. The number of nitrogens with one attached hydrogen (secondary N) is 2. The highest BCUT2D eigenvalue weighted by Crippen LogP contribution is 2.26. The van der Waals surface area contributed by atoms with Gasteiger partial charge in [0.2, 0.25) is 11.8 Å². The summed E-state index contributed by atoms with van der Waals surface area (Å²) >= 11 is 0. The number of piperazine rings is 1. The van der Waals surface area contributed by atoms with Gasteiger partial charge in [-0.1, -0.05) is 0 Å². The predicted molar refractivity (Wildman–Crippen MR) is 85.3 cm³/mol. The van der Waals surface area contributed by atoms with Crippen LogP contribution in [-0.2, 0) is 9.59 Å². The summed E-state index contributed by atoms with van der Waals surface area (Å²) in [5.41, 5.74) is 0. The zero-order valence-corrected chi connectivity index (χ0v) is 15.0. The highest BCUT2D eigenvalue weighted by Gasteiger charge is 2.45. The third kappa shape index (κ3) is 7.00. The fourth-order valence-electron chi connectivity index (χ4n) is 3.10. The van der Waals surface area contributed by atoms with Crippen LogP contribution in [0.5, 0.6) is 0 Å². The standard InChI is InChI=1S/C14H20F6N4O2.ClH/c15-13(16,17)8-24-7-9(5-11(24)25)12(26)22-6-10(14(18,19)20)23-3-1-21-2-4-23;/h9-10,21H,1-8H2,(H,22,26);1H. The number of nitrogens with zero attached hydrogens (tertiary/aromatic N) is 2. The molecule has 0 aliphatic carbocycles. The van der Waals surface area contributed by atoms with E-state index in [1.54, 1.807) is 0 Å². The van der Waals surface area contributed by atoms with E-state index in [0.29, 0.717) is 18.0 Å². The summed E-state index contributed by atoms with van der Waals surface area (Å²) in [6, 6.07) is -1.88. The summed E-state index contributed by atoms with van der Waals surface area (Å²) in [6.07, 6.45) is -9.59. The van der Waals surface area contributed by atoms with Crippen molar-refractivity contribution in [2.45, 2.75) is 24.8 Å². The molecule has 0 radical (unpaired) electrons.